The number of carbonyl (C=O) groups is 1. The summed E-state index contributed by atoms with van der Waals surface area (Å²) in [5.74, 6) is -0.397. The van der Waals surface area contributed by atoms with Gasteiger partial charge in [0.1, 0.15) is 6.04 Å². The van der Waals surface area contributed by atoms with E-state index in [0.29, 0.717) is 19.4 Å². The highest BCUT2D eigenvalue weighted by Gasteiger charge is 2.36. The normalized spacial score (nSPS) is 17.7. The van der Waals surface area contributed by atoms with Crippen LogP contribution in [0.4, 0.5) is 13.2 Å². The molecule has 0 fully saturated rings. The van der Waals surface area contributed by atoms with Gasteiger partial charge >= 0.3 is 6.18 Å². The molecule has 0 saturated heterocycles. The molecule has 0 bridgehead atoms. The number of carbonyl (C=O) groups excluding carboxylic acids is 1. The van der Waals surface area contributed by atoms with Crippen molar-refractivity contribution in [3.8, 4) is 0 Å². The molecule has 2 aromatic carbocycles. The number of nitrogens with two attached hydrogens (primary N) is 1. The van der Waals surface area contributed by atoms with Gasteiger partial charge in [-0.2, -0.15) is 13.2 Å². The van der Waals surface area contributed by atoms with Crippen molar-refractivity contribution in [2.24, 2.45) is 5.73 Å². The third-order valence-electron chi connectivity index (χ3n) is 6.03. The van der Waals surface area contributed by atoms with Crippen LogP contribution in [0, 0.1) is 6.92 Å². The molecule has 2 atom stereocenters. The predicted molar refractivity (Wildman–Crippen MR) is 120 cm³/mol. The maximum absolute atomic E-state index is 12.9. The summed E-state index contributed by atoms with van der Waals surface area (Å²) in [6.07, 6.45) is -2.20. The molecular formula is C25H25F3N2OS. The molecule has 1 aliphatic rings. The lowest BCUT2D eigenvalue weighted by Gasteiger charge is -2.40. The van der Waals surface area contributed by atoms with E-state index in [1.54, 1.807) is 23.5 Å². The van der Waals surface area contributed by atoms with Crippen LogP contribution in [0.5, 0.6) is 0 Å². The largest absolute Gasteiger partial charge is 0.416 e. The highest BCUT2D eigenvalue weighted by Crippen LogP contribution is 2.42. The first-order valence-corrected chi connectivity index (χ1v) is 11.4. The highest BCUT2D eigenvalue weighted by molar-refractivity contribution is 7.12. The number of fused-ring (bicyclic) bond motifs is 1. The number of nitrogens with zero attached hydrogens (tertiary/aromatic N) is 1. The smallest absolute Gasteiger partial charge is 0.368 e. The monoisotopic (exact) mass is 458 g/mol. The van der Waals surface area contributed by atoms with E-state index < -0.39 is 23.7 Å². The van der Waals surface area contributed by atoms with Gasteiger partial charge in [-0.15, -0.1) is 11.3 Å². The van der Waals surface area contributed by atoms with Crippen molar-refractivity contribution in [1.29, 1.82) is 0 Å². The highest BCUT2D eigenvalue weighted by atomic mass is 32.1. The quantitative estimate of drug-likeness (QED) is 0.505. The van der Waals surface area contributed by atoms with Crippen LogP contribution in [-0.4, -0.2) is 17.4 Å². The molecule has 1 aromatic heterocycles. The third kappa shape index (κ3) is 4.74. The fourth-order valence-corrected chi connectivity index (χ4v) is 5.65. The van der Waals surface area contributed by atoms with Crippen LogP contribution in [0.2, 0.25) is 0 Å². The van der Waals surface area contributed by atoms with Crippen molar-refractivity contribution in [3.05, 3.63) is 92.7 Å². The molecule has 3 aromatic rings. The second kappa shape index (κ2) is 9.08. The summed E-state index contributed by atoms with van der Waals surface area (Å²) < 4.78 is 38.7. The first kappa shape index (κ1) is 22.6. The Labute approximate surface area is 189 Å². The van der Waals surface area contributed by atoms with E-state index >= 15 is 0 Å². The van der Waals surface area contributed by atoms with Crippen LogP contribution >= 0.6 is 11.3 Å². The molecule has 2 unspecified atom stereocenters. The molecule has 3 nitrogen and oxygen atoms in total. The van der Waals surface area contributed by atoms with Crippen molar-refractivity contribution >= 4 is 17.2 Å². The van der Waals surface area contributed by atoms with Gasteiger partial charge in [-0.1, -0.05) is 42.5 Å². The molecule has 1 amide bonds. The van der Waals surface area contributed by atoms with Crippen LogP contribution in [-0.2, 0) is 23.8 Å². The van der Waals surface area contributed by atoms with E-state index in [-0.39, 0.29) is 6.04 Å². The number of hydrogen-bond donors (Lipinski definition) is 1. The SMILES string of the molecule is Cc1cc2c(s1)CCN(C(C(N)=O)c1ccccc1)C2CCc1ccc(C(F)(F)F)cc1. The van der Waals surface area contributed by atoms with Gasteiger partial charge in [0.25, 0.3) is 0 Å². The lowest BCUT2D eigenvalue weighted by molar-refractivity contribution is -0.137. The number of halogens is 3. The summed E-state index contributed by atoms with van der Waals surface area (Å²) in [6.45, 7) is 2.77. The Bertz CT molecular complexity index is 1080. The maximum Gasteiger partial charge on any atom is 0.416 e. The number of rotatable bonds is 6. The average molecular weight is 459 g/mol. The van der Waals surface area contributed by atoms with Gasteiger partial charge in [0.2, 0.25) is 5.91 Å². The van der Waals surface area contributed by atoms with Crippen LogP contribution in [0.3, 0.4) is 0 Å². The Kier molecular flexibility index (Phi) is 6.40. The van der Waals surface area contributed by atoms with Gasteiger partial charge in [0.05, 0.1) is 5.56 Å². The Morgan fingerprint density at radius 3 is 2.47 bits per heavy atom. The van der Waals surface area contributed by atoms with Gasteiger partial charge in [-0.3, -0.25) is 9.69 Å². The summed E-state index contributed by atoms with van der Waals surface area (Å²) in [5.41, 5.74) is 8.12. The van der Waals surface area contributed by atoms with Gasteiger partial charge in [0, 0.05) is 22.3 Å². The standard InChI is InChI=1S/C25H25F3N2OS/c1-16-15-20-21(12-9-17-7-10-19(11-8-17)25(26,27)28)30(14-13-22(20)32-16)23(24(29)31)18-5-3-2-4-6-18/h2-8,10-11,15,21,23H,9,12-14H2,1H3,(H2,29,31). The predicted octanol–water partition coefficient (Wildman–Crippen LogP) is 5.83. The molecule has 0 radical (unpaired) electrons. The number of thiophene rings is 1. The molecule has 4 rings (SSSR count). The van der Waals surface area contributed by atoms with E-state index in [1.165, 1.54) is 15.3 Å². The first-order chi connectivity index (χ1) is 15.2. The van der Waals surface area contributed by atoms with E-state index in [0.717, 1.165) is 29.7 Å². The Morgan fingerprint density at radius 1 is 1.16 bits per heavy atom. The summed E-state index contributed by atoms with van der Waals surface area (Å²) in [6, 6.07) is 16.4. The zero-order valence-electron chi connectivity index (χ0n) is 17.7. The van der Waals surface area contributed by atoms with Crippen LogP contribution in [0.1, 0.15) is 50.5 Å². The number of aryl methyl sites for hydroxylation is 2. The van der Waals surface area contributed by atoms with E-state index in [9.17, 15) is 18.0 Å². The van der Waals surface area contributed by atoms with Crippen molar-refractivity contribution in [2.75, 3.05) is 6.54 Å². The third-order valence-corrected chi connectivity index (χ3v) is 7.15. The van der Waals surface area contributed by atoms with Crippen LogP contribution in [0.15, 0.2) is 60.7 Å². The maximum atomic E-state index is 12.9. The summed E-state index contributed by atoms with van der Waals surface area (Å²) in [5, 5.41) is 0. The second-order valence-corrected chi connectivity index (χ2v) is 9.53. The molecule has 2 heterocycles. The number of amides is 1. The van der Waals surface area contributed by atoms with E-state index in [4.69, 9.17) is 5.73 Å². The van der Waals surface area contributed by atoms with Gasteiger partial charge in [-0.05, 0) is 61.1 Å². The minimum absolute atomic E-state index is 0.0382. The molecule has 0 aliphatic carbocycles. The summed E-state index contributed by atoms with van der Waals surface area (Å²) in [7, 11) is 0. The first-order valence-electron chi connectivity index (χ1n) is 10.6. The molecular weight excluding hydrogens is 433 g/mol. The topological polar surface area (TPSA) is 46.3 Å². The fourth-order valence-electron chi connectivity index (χ4n) is 4.57. The van der Waals surface area contributed by atoms with Crippen molar-refractivity contribution in [1.82, 2.24) is 4.90 Å². The van der Waals surface area contributed by atoms with Gasteiger partial charge in [-0.25, -0.2) is 0 Å². The van der Waals surface area contributed by atoms with Gasteiger partial charge < -0.3 is 5.73 Å². The molecule has 168 valence electrons. The fraction of sp³-hybridized carbons (Fsp3) is 0.320. The Balaban J connectivity index is 1.63. The molecule has 1 aliphatic heterocycles. The lowest BCUT2D eigenvalue weighted by Crippen LogP contribution is -2.43. The summed E-state index contributed by atoms with van der Waals surface area (Å²) >= 11 is 1.77. The lowest BCUT2D eigenvalue weighted by atomic mass is 9.90. The number of benzene rings is 2. The van der Waals surface area contributed by atoms with Crippen molar-refractivity contribution in [2.45, 2.75) is 44.4 Å². The van der Waals surface area contributed by atoms with Gasteiger partial charge in [0.15, 0.2) is 0 Å². The molecule has 2 N–H and O–H groups in total. The van der Waals surface area contributed by atoms with Crippen LogP contribution in [0.25, 0.3) is 0 Å². The second-order valence-electron chi connectivity index (χ2n) is 8.19. The minimum atomic E-state index is -4.34. The number of alkyl halides is 3. The molecule has 0 spiro atoms. The molecule has 32 heavy (non-hydrogen) atoms. The molecule has 7 heteroatoms. The molecule has 0 saturated carbocycles. The van der Waals surface area contributed by atoms with Crippen molar-refractivity contribution < 1.29 is 18.0 Å². The Morgan fingerprint density at radius 2 is 1.84 bits per heavy atom. The zero-order chi connectivity index (χ0) is 22.9. The Hall–Kier alpha value is -2.64. The average Bonchev–Trinajstić information content (AvgIpc) is 3.13. The van der Waals surface area contributed by atoms with Crippen molar-refractivity contribution in [3.63, 3.8) is 0 Å². The van der Waals surface area contributed by atoms with E-state index in [1.807, 2.05) is 30.3 Å². The number of primary amides is 1. The minimum Gasteiger partial charge on any atom is -0.368 e. The number of hydrogen-bond acceptors (Lipinski definition) is 3. The summed E-state index contributed by atoms with van der Waals surface area (Å²) in [4.78, 5) is 17.2. The van der Waals surface area contributed by atoms with Crippen LogP contribution < -0.4 is 5.73 Å². The zero-order valence-corrected chi connectivity index (χ0v) is 18.5. The van der Waals surface area contributed by atoms with E-state index in [2.05, 4.69) is 17.9 Å².